The second kappa shape index (κ2) is 12.0. The zero-order valence-electron chi connectivity index (χ0n) is 23.9. The van der Waals surface area contributed by atoms with Gasteiger partial charge in [0.1, 0.15) is 11.5 Å². The maximum atomic E-state index is 14.5. The van der Waals surface area contributed by atoms with Gasteiger partial charge in [0.2, 0.25) is 0 Å². The second-order valence-corrected chi connectivity index (χ2v) is 10.7. The van der Waals surface area contributed by atoms with Crippen LogP contribution in [0.5, 0.6) is 11.5 Å². The molecule has 0 fully saturated rings. The number of hydrogen-bond acceptors (Lipinski definition) is 5. The molecular formula is C36H34N2O4. The third-order valence-electron chi connectivity index (χ3n) is 7.99. The standard InChI is InChI=1S/C36H34N2O4/c1-3-21-42-33-16-10-7-13-28(33)35-34-30(22-26(23-32(34)39)24-17-19-27(41-2)20-18-24)37-29-14-8-9-15-31(29)38(35)36(40)25-11-5-4-6-12-25/h4-20,26,35,37H,3,21-23H2,1-2H3. The fourth-order valence-electron chi connectivity index (χ4n) is 5.99. The highest BCUT2D eigenvalue weighted by atomic mass is 16.5. The van der Waals surface area contributed by atoms with Crippen LogP contribution in [-0.2, 0) is 4.79 Å². The summed E-state index contributed by atoms with van der Waals surface area (Å²) in [5.41, 5.74) is 5.35. The molecule has 42 heavy (non-hydrogen) atoms. The van der Waals surface area contributed by atoms with Crippen LogP contribution in [0.25, 0.3) is 0 Å². The maximum absolute atomic E-state index is 14.5. The van der Waals surface area contributed by atoms with Crippen molar-refractivity contribution in [3.8, 4) is 11.5 Å². The number of carbonyl (C=O) groups excluding carboxylic acids is 2. The number of fused-ring (bicyclic) bond motifs is 1. The van der Waals surface area contributed by atoms with Crippen molar-refractivity contribution in [3.63, 3.8) is 0 Å². The van der Waals surface area contributed by atoms with Crippen molar-refractivity contribution in [2.45, 2.75) is 38.1 Å². The summed E-state index contributed by atoms with van der Waals surface area (Å²) in [6.45, 7) is 2.59. The third-order valence-corrected chi connectivity index (χ3v) is 7.99. The number of nitrogens with one attached hydrogen (secondary N) is 1. The van der Waals surface area contributed by atoms with Gasteiger partial charge in [0.05, 0.1) is 31.1 Å². The van der Waals surface area contributed by atoms with Crippen molar-refractivity contribution >= 4 is 23.1 Å². The topological polar surface area (TPSA) is 67.9 Å². The molecule has 4 aromatic rings. The van der Waals surface area contributed by atoms with Gasteiger partial charge >= 0.3 is 0 Å². The Kier molecular flexibility index (Phi) is 7.78. The number of ether oxygens (including phenoxy) is 2. The number of nitrogens with zero attached hydrogens (tertiary/aromatic N) is 1. The summed E-state index contributed by atoms with van der Waals surface area (Å²) >= 11 is 0. The summed E-state index contributed by atoms with van der Waals surface area (Å²) in [4.78, 5) is 30.6. The molecule has 1 amide bonds. The van der Waals surface area contributed by atoms with Crippen LogP contribution in [0.1, 0.15) is 59.6 Å². The molecule has 2 atom stereocenters. The van der Waals surface area contributed by atoms with Crippen LogP contribution in [-0.4, -0.2) is 25.4 Å². The van der Waals surface area contributed by atoms with Gasteiger partial charge in [-0.3, -0.25) is 14.5 Å². The number of carbonyl (C=O) groups is 2. The van der Waals surface area contributed by atoms with Crippen molar-refractivity contribution in [3.05, 3.63) is 131 Å². The van der Waals surface area contributed by atoms with Gasteiger partial charge in [0.15, 0.2) is 5.78 Å². The van der Waals surface area contributed by atoms with E-state index in [-0.39, 0.29) is 17.6 Å². The van der Waals surface area contributed by atoms with E-state index in [0.717, 1.165) is 34.7 Å². The minimum absolute atomic E-state index is 0.00886. The number of anilines is 2. The van der Waals surface area contributed by atoms with Crippen LogP contribution in [0.4, 0.5) is 11.4 Å². The van der Waals surface area contributed by atoms with Crippen molar-refractivity contribution in [2.24, 2.45) is 0 Å². The zero-order valence-corrected chi connectivity index (χ0v) is 23.9. The Bertz CT molecular complexity index is 1630. The summed E-state index contributed by atoms with van der Waals surface area (Å²) in [6, 6.07) is 32.0. The lowest BCUT2D eigenvalue weighted by atomic mass is 9.78. The minimum Gasteiger partial charge on any atom is -0.497 e. The van der Waals surface area contributed by atoms with Gasteiger partial charge in [0, 0.05) is 28.8 Å². The Hall–Kier alpha value is -4.84. The fraction of sp³-hybridized carbons (Fsp3) is 0.222. The summed E-state index contributed by atoms with van der Waals surface area (Å²) < 4.78 is 11.6. The van der Waals surface area contributed by atoms with Crippen LogP contribution in [0.3, 0.4) is 0 Å². The minimum atomic E-state index is -0.679. The zero-order chi connectivity index (χ0) is 29.1. The van der Waals surface area contributed by atoms with E-state index in [0.29, 0.717) is 42.0 Å². The highest BCUT2D eigenvalue weighted by molar-refractivity contribution is 6.12. The summed E-state index contributed by atoms with van der Waals surface area (Å²) in [6.07, 6.45) is 1.81. The predicted octanol–water partition coefficient (Wildman–Crippen LogP) is 7.70. The highest BCUT2D eigenvalue weighted by Crippen LogP contribution is 2.49. The lowest BCUT2D eigenvalue weighted by molar-refractivity contribution is -0.116. The van der Waals surface area contributed by atoms with Crippen molar-refractivity contribution in [2.75, 3.05) is 23.9 Å². The average Bonchev–Trinajstić information content (AvgIpc) is 3.18. The first kappa shape index (κ1) is 27.3. The number of allylic oxidation sites excluding steroid dienone is 1. The average molecular weight is 559 g/mol. The summed E-state index contributed by atoms with van der Waals surface area (Å²) in [5, 5.41) is 3.61. The van der Waals surface area contributed by atoms with Crippen molar-refractivity contribution in [1.29, 1.82) is 0 Å². The lowest BCUT2D eigenvalue weighted by Crippen LogP contribution is -2.38. The Labute approximate surface area is 246 Å². The van der Waals surface area contributed by atoms with Crippen LogP contribution in [0.15, 0.2) is 114 Å². The number of ketones is 1. The molecule has 6 heteroatoms. The van der Waals surface area contributed by atoms with Gasteiger partial charge < -0.3 is 14.8 Å². The molecule has 6 nitrogen and oxygen atoms in total. The first-order valence-electron chi connectivity index (χ1n) is 14.5. The number of Topliss-reactive ketones (excluding diaryl/α,β-unsaturated/α-hetero) is 1. The van der Waals surface area contributed by atoms with E-state index >= 15 is 0 Å². The Balaban J connectivity index is 1.55. The first-order chi connectivity index (χ1) is 20.6. The second-order valence-electron chi connectivity index (χ2n) is 10.7. The van der Waals surface area contributed by atoms with Gasteiger partial charge in [-0.2, -0.15) is 0 Å². The van der Waals surface area contributed by atoms with E-state index in [1.54, 1.807) is 12.0 Å². The molecule has 2 aliphatic rings. The molecule has 2 unspecified atom stereocenters. The molecule has 0 spiro atoms. The Morgan fingerprint density at radius 1 is 0.881 bits per heavy atom. The lowest BCUT2D eigenvalue weighted by Gasteiger charge is -2.36. The molecular weight excluding hydrogens is 524 g/mol. The fourth-order valence-corrected chi connectivity index (χ4v) is 5.99. The van der Waals surface area contributed by atoms with Gasteiger partial charge in [0.25, 0.3) is 5.91 Å². The van der Waals surface area contributed by atoms with Gasteiger partial charge in [-0.15, -0.1) is 0 Å². The van der Waals surface area contributed by atoms with E-state index in [1.807, 2.05) is 103 Å². The van der Waals surface area contributed by atoms with E-state index in [2.05, 4.69) is 12.2 Å². The SMILES string of the molecule is CCCOc1ccccc1C1C2=C(CC(c3ccc(OC)cc3)CC2=O)Nc2ccccc2N1C(=O)c1ccccc1. The number of amides is 1. The molecule has 4 aromatic carbocycles. The normalized spacial score (nSPS) is 18.0. The first-order valence-corrected chi connectivity index (χ1v) is 14.5. The quantitative estimate of drug-likeness (QED) is 0.252. The molecule has 0 saturated heterocycles. The number of rotatable bonds is 7. The molecule has 0 bridgehead atoms. The van der Waals surface area contributed by atoms with Gasteiger partial charge in [-0.05, 0) is 66.8 Å². The summed E-state index contributed by atoms with van der Waals surface area (Å²) in [7, 11) is 1.65. The van der Waals surface area contributed by atoms with Crippen LogP contribution in [0.2, 0.25) is 0 Å². The predicted molar refractivity (Wildman–Crippen MR) is 165 cm³/mol. The monoisotopic (exact) mass is 558 g/mol. The highest BCUT2D eigenvalue weighted by Gasteiger charge is 2.42. The number of benzene rings is 4. The largest absolute Gasteiger partial charge is 0.497 e. The molecule has 1 aliphatic carbocycles. The van der Waals surface area contributed by atoms with Gasteiger partial charge in [-0.1, -0.05) is 67.6 Å². The molecule has 6 rings (SSSR count). The number of para-hydroxylation sites is 3. The summed E-state index contributed by atoms with van der Waals surface area (Å²) in [5.74, 6) is 1.27. The van der Waals surface area contributed by atoms with E-state index in [1.165, 1.54) is 0 Å². The van der Waals surface area contributed by atoms with Crippen LogP contribution in [0, 0.1) is 0 Å². The third kappa shape index (κ3) is 5.16. The van der Waals surface area contributed by atoms with E-state index < -0.39 is 6.04 Å². The molecule has 1 heterocycles. The van der Waals surface area contributed by atoms with Crippen molar-refractivity contribution < 1.29 is 19.1 Å². The van der Waals surface area contributed by atoms with Crippen LogP contribution < -0.4 is 19.7 Å². The van der Waals surface area contributed by atoms with E-state index in [9.17, 15) is 9.59 Å². The molecule has 1 N–H and O–H groups in total. The molecule has 1 aliphatic heterocycles. The van der Waals surface area contributed by atoms with E-state index in [4.69, 9.17) is 9.47 Å². The maximum Gasteiger partial charge on any atom is 0.259 e. The number of hydrogen-bond donors (Lipinski definition) is 1. The molecule has 0 saturated carbocycles. The molecule has 0 aromatic heterocycles. The smallest absolute Gasteiger partial charge is 0.259 e. The van der Waals surface area contributed by atoms with Crippen LogP contribution >= 0.6 is 0 Å². The molecule has 212 valence electrons. The Morgan fingerprint density at radius 2 is 1.60 bits per heavy atom. The van der Waals surface area contributed by atoms with Gasteiger partial charge in [-0.25, -0.2) is 0 Å². The number of methoxy groups -OCH3 is 1. The van der Waals surface area contributed by atoms with Crippen molar-refractivity contribution in [1.82, 2.24) is 0 Å². The Morgan fingerprint density at radius 3 is 2.36 bits per heavy atom. The molecule has 0 radical (unpaired) electrons.